The zero-order valence-electron chi connectivity index (χ0n) is 8.29. The minimum atomic E-state index is 0.313. The topological polar surface area (TPSA) is 20.2 Å². The number of benzene rings is 1. The van der Waals surface area contributed by atoms with Crippen LogP contribution in [0.5, 0.6) is 0 Å². The maximum atomic E-state index is 8.65. The lowest BCUT2D eigenvalue weighted by Gasteiger charge is -2.02. The molecule has 1 N–H and O–H groups in total. The first-order chi connectivity index (χ1) is 6.36. The van der Waals surface area contributed by atoms with Crippen molar-refractivity contribution in [3.63, 3.8) is 0 Å². The van der Waals surface area contributed by atoms with Gasteiger partial charge in [0.15, 0.2) is 0 Å². The Labute approximate surface area is 80.4 Å². The predicted molar refractivity (Wildman–Crippen MR) is 55.8 cm³/mol. The van der Waals surface area contributed by atoms with Crippen LogP contribution in [-0.2, 0) is 12.8 Å². The molecule has 0 unspecified atom stereocenters. The smallest absolute Gasteiger partial charge is 0.0431 e. The van der Waals surface area contributed by atoms with Gasteiger partial charge in [-0.15, -0.1) is 0 Å². The molecule has 1 aromatic carbocycles. The van der Waals surface area contributed by atoms with Crippen LogP contribution < -0.4 is 0 Å². The Kier molecular flexibility index (Phi) is 4.55. The van der Waals surface area contributed by atoms with Gasteiger partial charge in [0.2, 0.25) is 0 Å². The van der Waals surface area contributed by atoms with Crippen molar-refractivity contribution in [2.45, 2.75) is 32.6 Å². The summed E-state index contributed by atoms with van der Waals surface area (Å²) < 4.78 is 0. The highest BCUT2D eigenvalue weighted by Crippen LogP contribution is 2.08. The summed E-state index contributed by atoms with van der Waals surface area (Å²) >= 11 is 0. The van der Waals surface area contributed by atoms with E-state index in [-0.39, 0.29) is 0 Å². The molecule has 0 aromatic heterocycles. The standard InChI is InChI=1S/C12H18O/c1-2-11-7-5-8-12(10-11)6-3-4-9-13/h5,7-8,10,13H,2-4,6,9H2,1H3. The van der Waals surface area contributed by atoms with E-state index >= 15 is 0 Å². The lowest BCUT2D eigenvalue weighted by atomic mass is 10.0. The molecule has 1 rings (SSSR count). The number of aryl methyl sites for hydroxylation is 2. The van der Waals surface area contributed by atoms with Gasteiger partial charge in [-0.2, -0.15) is 0 Å². The van der Waals surface area contributed by atoms with Gasteiger partial charge in [0.05, 0.1) is 0 Å². The summed E-state index contributed by atoms with van der Waals surface area (Å²) in [6, 6.07) is 8.70. The largest absolute Gasteiger partial charge is 0.396 e. The van der Waals surface area contributed by atoms with E-state index in [0.717, 1.165) is 25.7 Å². The minimum absolute atomic E-state index is 0.313. The average molecular weight is 178 g/mol. The molecule has 0 spiro atoms. The van der Waals surface area contributed by atoms with Gasteiger partial charge in [-0.05, 0) is 36.8 Å². The monoisotopic (exact) mass is 178 g/mol. The highest BCUT2D eigenvalue weighted by molar-refractivity contribution is 5.23. The molecule has 0 atom stereocenters. The van der Waals surface area contributed by atoms with E-state index in [1.165, 1.54) is 11.1 Å². The number of rotatable bonds is 5. The van der Waals surface area contributed by atoms with Gasteiger partial charge in [0, 0.05) is 6.61 Å². The van der Waals surface area contributed by atoms with Crippen molar-refractivity contribution in [3.05, 3.63) is 35.4 Å². The van der Waals surface area contributed by atoms with Crippen LogP contribution in [0.4, 0.5) is 0 Å². The summed E-state index contributed by atoms with van der Waals surface area (Å²) in [5.74, 6) is 0. The maximum Gasteiger partial charge on any atom is 0.0431 e. The molecule has 0 saturated heterocycles. The van der Waals surface area contributed by atoms with Crippen LogP contribution in [0, 0.1) is 0 Å². The number of hydrogen-bond acceptors (Lipinski definition) is 1. The first-order valence-electron chi connectivity index (χ1n) is 5.05. The Hall–Kier alpha value is -0.820. The highest BCUT2D eigenvalue weighted by atomic mass is 16.2. The fraction of sp³-hybridized carbons (Fsp3) is 0.500. The van der Waals surface area contributed by atoms with Crippen LogP contribution in [0.15, 0.2) is 24.3 Å². The number of aliphatic hydroxyl groups excluding tert-OH is 1. The summed E-state index contributed by atoms with van der Waals surface area (Å²) in [6.45, 7) is 2.49. The molecule has 0 saturated carbocycles. The molecule has 0 amide bonds. The van der Waals surface area contributed by atoms with E-state index in [0.29, 0.717) is 6.61 Å². The highest BCUT2D eigenvalue weighted by Gasteiger charge is 1.94. The quantitative estimate of drug-likeness (QED) is 0.687. The minimum Gasteiger partial charge on any atom is -0.396 e. The Morgan fingerprint density at radius 2 is 1.92 bits per heavy atom. The summed E-state index contributed by atoms with van der Waals surface area (Å²) in [7, 11) is 0. The van der Waals surface area contributed by atoms with Crippen molar-refractivity contribution in [2.75, 3.05) is 6.61 Å². The van der Waals surface area contributed by atoms with Crippen molar-refractivity contribution in [1.82, 2.24) is 0 Å². The Morgan fingerprint density at radius 3 is 2.62 bits per heavy atom. The average Bonchev–Trinajstić information content (AvgIpc) is 2.19. The van der Waals surface area contributed by atoms with Crippen LogP contribution in [0.25, 0.3) is 0 Å². The summed E-state index contributed by atoms with van der Waals surface area (Å²) in [4.78, 5) is 0. The Balaban J connectivity index is 2.46. The van der Waals surface area contributed by atoms with E-state index in [2.05, 4.69) is 31.2 Å². The second-order valence-corrected chi connectivity index (χ2v) is 3.35. The summed E-state index contributed by atoms with van der Waals surface area (Å²) in [6.07, 6.45) is 4.20. The molecule has 0 heterocycles. The van der Waals surface area contributed by atoms with Gasteiger partial charge in [-0.1, -0.05) is 31.2 Å². The number of hydrogen-bond donors (Lipinski definition) is 1. The molecular weight excluding hydrogens is 160 g/mol. The molecule has 0 bridgehead atoms. The van der Waals surface area contributed by atoms with Crippen molar-refractivity contribution >= 4 is 0 Å². The molecule has 0 aliphatic heterocycles. The Bertz CT molecular complexity index is 243. The fourth-order valence-corrected chi connectivity index (χ4v) is 1.45. The zero-order valence-corrected chi connectivity index (χ0v) is 8.29. The molecule has 13 heavy (non-hydrogen) atoms. The maximum absolute atomic E-state index is 8.65. The van der Waals surface area contributed by atoms with Crippen LogP contribution in [0.2, 0.25) is 0 Å². The molecule has 0 fully saturated rings. The van der Waals surface area contributed by atoms with Gasteiger partial charge >= 0.3 is 0 Å². The van der Waals surface area contributed by atoms with Crippen LogP contribution in [-0.4, -0.2) is 11.7 Å². The van der Waals surface area contributed by atoms with Crippen LogP contribution in [0.1, 0.15) is 30.9 Å². The molecule has 0 radical (unpaired) electrons. The first kappa shape index (κ1) is 10.3. The van der Waals surface area contributed by atoms with Crippen molar-refractivity contribution in [3.8, 4) is 0 Å². The third kappa shape index (κ3) is 3.60. The Morgan fingerprint density at radius 1 is 1.15 bits per heavy atom. The lowest BCUT2D eigenvalue weighted by molar-refractivity contribution is 0.284. The number of aliphatic hydroxyl groups is 1. The molecule has 0 aliphatic carbocycles. The SMILES string of the molecule is CCc1cccc(CCCCO)c1. The molecule has 1 heteroatoms. The second-order valence-electron chi connectivity index (χ2n) is 3.35. The second kappa shape index (κ2) is 5.76. The molecule has 0 aliphatic rings. The molecule has 1 aromatic rings. The van der Waals surface area contributed by atoms with E-state index in [1.807, 2.05) is 0 Å². The van der Waals surface area contributed by atoms with Crippen molar-refractivity contribution in [1.29, 1.82) is 0 Å². The van der Waals surface area contributed by atoms with Gasteiger partial charge in [0.25, 0.3) is 0 Å². The van der Waals surface area contributed by atoms with E-state index in [4.69, 9.17) is 5.11 Å². The van der Waals surface area contributed by atoms with Gasteiger partial charge in [-0.25, -0.2) is 0 Å². The summed E-state index contributed by atoms with van der Waals surface area (Å²) in [5, 5.41) is 8.65. The van der Waals surface area contributed by atoms with Crippen LogP contribution >= 0.6 is 0 Å². The third-order valence-corrected chi connectivity index (χ3v) is 2.27. The van der Waals surface area contributed by atoms with E-state index in [9.17, 15) is 0 Å². The molecule has 72 valence electrons. The zero-order chi connectivity index (χ0) is 9.52. The van der Waals surface area contributed by atoms with Gasteiger partial charge in [-0.3, -0.25) is 0 Å². The van der Waals surface area contributed by atoms with Crippen LogP contribution in [0.3, 0.4) is 0 Å². The predicted octanol–water partition coefficient (Wildman–Crippen LogP) is 2.56. The first-order valence-corrected chi connectivity index (χ1v) is 5.05. The third-order valence-electron chi connectivity index (χ3n) is 2.27. The van der Waals surface area contributed by atoms with E-state index in [1.54, 1.807) is 0 Å². The normalized spacial score (nSPS) is 10.3. The van der Waals surface area contributed by atoms with Gasteiger partial charge < -0.3 is 5.11 Å². The van der Waals surface area contributed by atoms with E-state index < -0.39 is 0 Å². The van der Waals surface area contributed by atoms with Crippen molar-refractivity contribution in [2.24, 2.45) is 0 Å². The van der Waals surface area contributed by atoms with Crippen molar-refractivity contribution < 1.29 is 5.11 Å². The molecular formula is C12H18O. The summed E-state index contributed by atoms with van der Waals surface area (Å²) in [5.41, 5.74) is 2.80. The van der Waals surface area contributed by atoms with Gasteiger partial charge in [0.1, 0.15) is 0 Å². The molecule has 1 nitrogen and oxygen atoms in total. The number of unbranched alkanes of at least 4 members (excludes halogenated alkanes) is 1. The lowest BCUT2D eigenvalue weighted by Crippen LogP contribution is -1.90. The fourth-order valence-electron chi connectivity index (χ4n) is 1.45.